The molecule has 4 heteroatoms. The van der Waals surface area contributed by atoms with Crippen LogP contribution in [0.25, 0.3) is 0 Å². The molecular formula is C27H27NO3. The average molecular weight is 414 g/mol. The van der Waals surface area contributed by atoms with Gasteiger partial charge in [-0.05, 0) is 66.9 Å². The van der Waals surface area contributed by atoms with Gasteiger partial charge in [-0.2, -0.15) is 0 Å². The smallest absolute Gasteiger partial charge is 0.161 e. The lowest BCUT2D eigenvalue weighted by Gasteiger charge is -2.35. The van der Waals surface area contributed by atoms with Crippen molar-refractivity contribution in [2.75, 3.05) is 14.2 Å². The molecule has 0 spiro atoms. The molecule has 1 aliphatic carbocycles. The van der Waals surface area contributed by atoms with Crippen LogP contribution in [0.4, 0.5) is 0 Å². The predicted octanol–water partition coefficient (Wildman–Crippen LogP) is 6.37. The van der Waals surface area contributed by atoms with Crippen molar-refractivity contribution in [3.05, 3.63) is 83.4 Å². The van der Waals surface area contributed by atoms with E-state index in [0.717, 1.165) is 46.3 Å². The van der Waals surface area contributed by atoms with Gasteiger partial charge in [-0.1, -0.05) is 31.0 Å². The Kier molecular flexibility index (Phi) is 5.37. The van der Waals surface area contributed by atoms with Gasteiger partial charge in [0, 0.05) is 17.0 Å². The second-order valence-corrected chi connectivity index (χ2v) is 8.17. The molecule has 1 saturated carbocycles. The monoisotopic (exact) mass is 413 g/mol. The second-order valence-electron chi connectivity index (χ2n) is 8.17. The zero-order chi connectivity index (χ0) is 21.2. The van der Waals surface area contributed by atoms with Crippen molar-refractivity contribution in [1.29, 1.82) is 0 Å². The molecule has 3 aromatic carbocycles. The van der Waals surface area contributed by atoms with E-state index in [2.05, 4.69) is 24.3 Å². The molecule has 3 aromatic rings. The number of fused-ring (bicyclic) bond motifs is 3. The van der Waals surface area contributed by atoms with Gasteiger partial charge in [0.25, 0.3) is 0 Å². The molecular weight excluding hydrogens is 386 g/mol. The molecule has 2 atom stereocenters. The van der Waals surface area contributed by atoms with E-state index in [9.17, 15) is 0 Å². The molecule has 0 aromatic heterocycles. The minimum Gasteiger partial charge on any atom is -0.493 e. The van der Waals surface area contributed by atoms with Crippen LogP contribution in [0.15, 0.2) is 71.7 Å². The minimum absolute atomic E-state index is 0.328. The van der Waals surface area contributed by atoms with Gasteiger partial charge in [0.1, 0.15) is 11.5 Å². The summed E-state index contributed by atoms with van der Waals surface area (Å²) in [4.78, 5) is 5.24. The molecule has 0 N–H and O–H groups in total. The summed E-state index contributed by atoms with van der Waals surface area (Å²) in [6.45, 7) is 0. The first-order valence-corrected chi connectivity index (χ1v) is 10.9. The van der Waals surface area contributed by atoms with Crippen LogP contribution in [0.2, 0.25) is 0 Å². The fourth-order valence-electron chi connectivity index (χ4n) is 4.81. The number of hydrogen-bond donors (Lipinski definition) is 0. The van der Waals surface area contributed by atoms with Crippen molar-refractivity contribution >= 4 is 5.71 Å². The van der Waals surface area contributed by atoms with Crippen molar-refractivity contribution in [3.8, 4) is 23.0 Å². The van der Waals surface area contributed by atoms with E-state index < -0.39 is 0 Å². The molecule has 1 heterocycles. The van der Waals surface area contributed by atoms with Gasteiger partial charge in [-0.3, -0.25) is 4.99 Å². The average Bonchev–Trinajstić information content (AvgIpc) is 2.84. The Hall–Kier alpha value is -3.27. The fraction of sp³-hybridized carbons (Fsp3) is 0.296. The number of ether oxygens (including phenoxy) is 3. The number of rotatable bonds is 5. The zero-order valence-corrected chi connectivity index (χ0v) is 18.0. The zero-order valence-electron chi connectivity index (χ0n) is 18.0. The maximum absolute atomic E-state index is 5.97. The van der Waals surface area contributed by atoms with Crippen LogP contribution in [-0.2, 0) is 0 Å². The molecule has 1 aliphatic heterocycles. The summed E-state index contributed by atoms with van der Waals surface area (Å²) in [6.07, 6.45) is 4.81. The summed E-state index contributed by atoms with van der Waals surface area (Å²) in [6, 6.07) is 22.6. The first-order valence-electron chi connectivity index (χ1n) is 10.9. The molecule has 2 aliphatic rings. The Labute approximate surface area is 183 Å². The van der Waals surface area contributed by atoms with E-state index in [-0.39, 0.29) is 0 Å². The van der Waals surface area contributed by atoms with Crippen molar-refractivity contribution < 1.29 is 14.2 Å². The third-order valence-corrected chi connectivity index (χ3v) is 6.34. The predicted molar refractivity (Wildman–Crippen MR) is 123 cm³/mol. The quantitative estimate of drug-likeness (QED) is 0.488. The van der Waals surface area contributed by atoms with E-state index in [1.54, 1.807) is 14.2 Å². The van der Waals surface area contributed by atoms with Gasteiger partial charge in [0.05, 0.1) is 26.0 Å². The van der Waals surface area contributed by atoms with Crippen LogP contribution in [0, 0.1) is 0 Å². The third-order valence-electron chi connectivity index (χ3n) is 6.34. The standard InChI is InChI=1S/C27H27NO3/c1-29-25-16-22-21-10-6-7-11-24(21)28-27(23(22)17-26(25)30-2)18-12-14-20(15-13-18)31-19-8-4-3-5-9-19/h3-5,8-9,12-17,21,24H,6-7,10-11H2,1-2H3/t21-,24-/m1/s1. The number of nitrogens with zero attached hydrogens (tertiary/aromatic N) is 1. The van der Waals surface area contributed by atoms with Crippen LogP contribution in [-0.4, -0.2) is 26.0 Å². The van der Waals surface area contributed by atoms with Crippen molar-refractivity contribution in [1.82, 2.24) is 0 Å². The molecule has 5 rings (SSSR count). The maximum Gasteiger partial charge on any atom is 0.161 e. The summed E-state index contributed by atoms with van der Waals surface area (Å²) in [7, 11) is 3.38. The molecule has 0 radical (unpaired) electrons. The Morgan fingerprint density at radius 3 is 2.19 bits per heavy atom. The van der Waals surface area contributed by atoms with Gasteiger partial charge in [-0.25, -0.2) is 0 Å². The lowest BCUT2D eigenvalue weighted by Crippen LogP contribution is -2.29. The van der Waals surface area contributed by atoms with Gasteiger partial charge < -0.3 is 14.2 Å². The van der Waals surface area contributed by atoms with Crippen molar-refractivity contribution in [2.45, 2.75) is 37.6 Å². The molecule has 31 heavy (non-hydrogen) atoms. The number of aliphatic imine (C=N–C) groups is 1. The van der Waals surface area contributed by atoms with Gasteiger partial charge in [0.2, 0.25) is 0 Å². The van der Waals surface area contributed by atoms with Crippen molar-refractivity contribution in [2.24, 2.45) is 4.99 Å². The Balaban J connectivity index is 1.53. The van der Waals surface area contributed by atoms with E-state index in [1.165, 1.54) is 24.8 Å². The van der Waals surface area contributed by atoms with E-state index in [0.29, 0.717) is 12.0 Å². The highest BCUT2D eigenvalue weighted by Gasteiger charge is 2.34. The Morgan fingerprint density at radius 1 is 0.774 bits per heavy atom. The molecule has 0 amide bonds. The lowest BCUT2D eigenvalue weighted by atomic mass is 9.75. The summed E-state index contributed by atoms with van der Waals surface area (Å²) in [5, 5.41) is 0. The van der Waals surface area contributed by atoms with E-state index in [4.69, 9.17) is 19.2 Å². The molecule has 158 valence electrons. The van der Waals surface area contributed by atoms with Crippen LogP contribution in [0.3, 0.4) is 0 Å². The molecule has 1 fully saturated rings. The van der Waals surface area contributed by atoms with Crippen LogP contribution in [0.1, 0.15) is 48.3 Å². The number of benzene rings is 3. The first kappa shape index (κ1) is 19.7. The fourth-order valence-corrected chi connectivity index (χ4v) is 4.81. The van der Waals surface area contributed by atoms with E-state index >= 15 is 0 Å². The Morgan fingerprint density at radius 2 is 1.45 bits per heavy atom. The topological polar surface area (TPSA) is 40.0 Å². The van der Waals surface area contributed by atoms with Crippen LogP contribution in [0.5, 0.6) is 23.0 Å². The molecule has 0 unspecified atom stereocenters. The van der Waals surface area contributed by atoms with E-state index in [1.807, 2.05) is 42.5 Å². The number of hydrogen-bond acceptors (Lipinski definition) is 4. The highest BCUT2D eigenvalue weighted by Crippen LogP contribution is 2.44. The first-order chi connectivity index (χ1) is 15.3. The van der Waals surface area contributed by atoms with Gasteiger partial charge >= 0.3 is 0 Å². The largest absolute Gasteiger partial charge is 0.493 e. The summed E-state index contributed by atoms with van der Waals surface area (Å²) < 4.78 is 17.2. The Bertz CT molecular complexity index is 1090. The van der Waals surface area contributed by atoms with Gasteiger partial charge in [0.15, 0.2) is 11.5 Å². The normalized spacial score (nSPS) is 19.6. The molecule has 4 nitrogen and oxygen atoms in total. The third kappa shape index (κ3) is 3.78. The SMILES string of the molecule is COc1cc2c(cc1OC)[C@H]1CCCC[C@H]1N=C2c1ccc(Oc2ccccc2)cc1. The highest BCUT2D eigenvalue weighted by atomic mass is 16.5. The highest BCUT2D eigenvalue weighted by molar-refractivity contribution is 6.15. The van der Waals surface area contributed by atoms with Crippen molar-refractivity contribution in [3.63, 3.8) is 0 Å². The second kappa shape index (κ2) is 8.46. The minimum atomic E-state index is 0.328. The number of methoxy groups -OCH3 is 2. The molecule has 0 bridgehead atoms. The molecule has 0 saturated heterocycles. The lowest BCUT2D eigenvalue weighted by molar-refractivity contribution is 0.349. The summed E-state index contributed by atoms with van der Waals surface area (Å²) >= 11 is 0. The van der Waals surface area contributed by atoms with Crippen LogP contribution < -0.4 is 14.2 Å². The summed E-state index contributed by atoms with van der Waals surface area (Å²) in [5.74, 6) is 3.63. The number of para-hydroxylation sites is 1. The van der Waals surface area contributed by atoms with Crippen LogP contribution >= 0.6 is 0 Å². The maximum atomic E-state index is 5.97. The van der Waals surface area contributed by atoms with Gasteiger partial charge in [-0.15, -0.1) is 0 Å². The summed E-state index contributed by atoms with van der Waals surface area (Å²) in [5.41, 5.74) is 4.61.